The van der Waals surface area contributed by atoms with Crippen molar-refractivity contribution in [2.24, 2.45) is 11.8 Å². The van der Waals surface area contributed by atoms with Crippen LogP contribution in [-0.2, 0) is 11.3 Å². The first-order chi connectivity index (χ1) is 17.5. The molecule has 0 radical (unpaired) electrons. The van der Waals surface area contributed by atoms with E-state index in [0.717, 1.165) is 25.9 Å². The van der Waals surface area contributed by atoms with Crippen LogP contribution in [0.25, 0.3) is 10.9 Å². The van der Waals surface area contributed by atoms with E-state index in [-0.39, 0.29) is 24.1 Å². The molecule has 2 aromatic rings. The first-order valence-corrected chi connectivity index (χ1v) is 13.4. The van der Waals surface area contributed by atoms with Crippen molar-refractivity contribution in [3.05, 3.63) is 40.0 Å². The summed E-state index contributed by atoms with van der Waals surface area (Å²) in [6.45, 7) is 4.83. The van der Waals surface area contributed by atoms with E-state index >= 15 is 0 Å². The fourth-order valence-electron chi connectivity index (χ4n) is 7.32. The summed E-state index contributed by atoms with van der Waals surface area (Å²) in [6, 6.07) is 4.23. The van der Waals surface area contributed by atoms with Gasteiger partial charge >= 0.3 is 0 Å². The third-order valence-corrected chi connectivity index (χ3v) is 8.92. The number of amides is 1. The number of carbonyl (C=O) groups is 1. The highest BCUT2D eigenvalue weighted by molar-refractivity contribution is 5.83. The summed E-state index contributed by atoms with van der Waals surface area (Å²) in [7, 11) is 3.10. The number of hydrogen-bond acceptors (Lipinski definition) is 6. The first kappa shape index (κ1) is 23.5. The molecule has 6 rings (SSSR count). The van der Waals surface area contributed by atoms with Gasteiger partial charge in [-0.05, 0) is 63.5 Å². The van der Waals surface area contributed by atoms with E-state index in [1.807, 2.05) is 0 Å². The van der Waals surface area contributed by atoms with Crippen LogP contribution in [0.3, 0.4) is 0 Å². The lowest BCUT2D eigenvalue weighted by atomic mass is 9.68. The smallest absolute Gasteiger partial charge is 0.262 e. The molecule has 192 valence electrons. The second-order valence-electron chi connectivity index (χ2n) is 10.9. The van der Waals surface area contributed by atoms with Crippen LogP contribution in [0.2, 0.25) is 0 Å². The lowest BCUT2D eigenvalue weighted by Crippen LogP contribution is -2.60. The van der Waals surface area contributed by atoms with Gasteiger partial charge in [-0.25, -0.2) is 4.98 Å². The van der Waals surface area contributed by atoms with Crippen molar-refractivity contribution in [1.29, 1.82) is 0 Å². The van der Waals surface area contributed by atoms with Gasteiger partial charge in [-0.15, -0.1) is 0 Å². The zero-order valence-corrected chi connectivity index (χ0v) is 21.5. The largest absolute Gasteiger partial charge is 0.493 e. The van der Waals surface area contributed by atoms with Crippen molar-refractivity contribution >= 4 is 16.8 Å². The Morgan fingerprint density at radius 1 is 1.11 bits per heavy atom. The molecule has 1 aromatic carbocycles. The van der Waals surface area contributed by atoms with E-state index in [0.29, 0.717) is 46.1 Å². The van der Waals surface area contributed by atoms with E-state index in [1.54, 1.807) is 33.3 Å². The zero-order valence-electron chi connectivity index (χ0n) is 21.5. The maximum absolute atomic E-state index is 13.8. The Kier molecular flexibility index (Phi) is 6.02. The van der Waals surface area contributed by atoms with Crippen LogP contribution >= 0.6 is 0 Å². The van der Waals surface area contributed by atoms with Crippen molar-refractivity contribution < 1.29 is 14.3 Å². The van der Waals surface area contributed by atoms with Crippen molar-refractivity contribution in [2.45, 2.75) is 64.1 Å². The van der Waals surface area contributed by atoms with Gasteiger partial charge < -0.3 is 14.4 Å². The molecule has 1 aromatic heterocycles. The molecule has 3 saturated heterocycles. The molecular weight excluding hydrogens is 456 g/mol. The first-order valence-electron chi connectivity index (χ1n) is 13.4. The standard InChI is InChI=1S/C28H36N4O4/c1-17-29-22-14-25(36-3)24(35-2)13-21(22)28(34)32(17)16-26(33)31-10-6-7-18-11-19-12-20(27(18)31)15-30-9-5-4-8-23(19)30/h11,13-14,19-20,23,27H,4-10,12,15-16H2,1-3H3/t19-,20-,23?,27?/m0/s1. The fraction of sp³-hybridized carbons (Fsp3) is 0.607. The minimum atomic E-state index is -0.225. The Labute approximate surface area is 211 Å². The van der Waals surface area contributed by atoms with E-state index in [2.05, 4.69) is 20.9 Å². The van der Waals surface area contributed by atoms with E-state index in [4.69, 9.17) is 9.47 Å². The molecule has 2 bridgehead atoms. The van der Waals surface area contributed by atoms with Crippen LogP contribution < -0.4 is 15.0 Å². The summed E-state index contributed by atoms with van der Waals surface area (Å²) in [5, 5.41) is 0.425. The van der Waals surface area contributed by atoms with Crippen LogP contribution in [0, 0.1) is 18.8 Å². The molecule has 4 atom stereocenters. The van der Waals surface area contributed by atoms with Crippen molar-refractivity contribution in [2.75, 3.05) is 33.9 Å². The average Bonchev–Trinajstić information content (AvgIpc) is 2.90. The summed E-state index contributed by atoms with van der Waals surface area (Å²) >= 11 is 0. The highest BCUT2D eigenvalue weighted by atomic mass is 16.5. The van der Waals surface area contributed by atoms with Crippen molar-refractivity contribution in [3.8, 4) is 11.5 Å². The minimum absolute atomic E-state index is 0.00815. The number of hydrogen-bond donors (Lipinski definition) is 0. The van der Waals surface area contributed by atoms with Gasteiger partial charge in [0.15, 0.2) is 11.5 Å². The number of fused-ring (bicyclic) bond motifs is 7. The highest BCUT2D eigenvalue weighted by Gasteiger charge is 2.46. The topological polar surface area (TPSA) is 76.9 Å². The monoisotopic (exact) mass is 492 g/mol. The van der Waals surface area contributed by atoms with Gasteiger partial charge in [0, 0.05) is 25.2 Å². The van der Waals surface area contributed by atoms with Crippen LogP contribution in [0.1, 0.15) is 44.3 Å². The zero-order chi connectivity index (χ0) is 25.0. The Hall–Kier alpha value is -2.87. The second kappa shape index (κ2) is 9.21. The van der Waals surface area contributed by atoms with Crippen LogP contribution in [0.15, 0.2) is 28.6 Å². The molecule has 3 fully saturated rings. The summed E-state index contributed by atoms with van der Waals surface area (Å²) in [5.74, 6) is 2.65. The number of ether oxygens (including phenoxy) is 2. The van der Waals surface area contributed by atoms with E-state index < -0.39 is 0 Å². The van der Waals surface area contributed by atoms with Gasteiger partial charge in [0.05, 0.1) is 31.2 Å². The Morgan fingerprint density at radius 3 is 2.72 bits per heavy atom. The van der Waals surface area contributed by atoms with Gasteiger partial charge in [-0.1, -0.05) is 18.1 Å². The van der Waals surface area contributed by atoms with Gasteiger partial charge in [-0.2, -0.15) is 0 Å². The SMILES string of the molecule is COc1cc2nc(C)n(CC(=O)N3CCCC4=C[C@H]5C[C@@H](CN6CCCCC56)C43)c(=O)c2cc1OC. The number of carbonyl (C=O) groups excluding carboxylic acids is 1. The average molecular weight is 493 g/mol. The minimum Gasteiger partial charge on any atom is -0.493 e. The molecular formula is C28H36N4O4. The van der Waals surface area contributed by atoms with Gasteiger partial charge in [0.25, 0.3) is 5.56 Å². The Balaban J connectivity index is 1.30. The van der Waals surface area contributed by atoms with Gasteiger partial charge in [0.1, 0.15) is 12.4 Å². The second-order valence-corrected chi connectivity index (χ2v) is 10.9. The molecule has 0 N–H and O–H groups in total. The quantitative estimate of drug-likeness (QED) is 0.611. The molecule has 8 heteroatoms. The van der Waals surface area contributed by atoms with Gasteiger partial charge in [-0.3, -0.25) is 19.1 Å². The maximum atomic E-state index is 13.8. The van der Waals surface area contributed by atoms with Crippen molar-refractivity contribution in [3.63, 3.8) is 0 Å². The third-order valence-electron chi connectivity index (χ3n) is 8.92. The molecule has 1 amide bonds. The number of benzene rings is 1. The van der Waals surface area contributed by atoms with Crippen LogP contribution in [0.4, 0.5) is 0 Å². The summed E-state index contributed by atoms with van der Waals surface area (Å²) in [4.78, 5) is 36.7. The summed E-state index contributed by atoms with van der Waals surface area (Å²) in [5.41, 5.74) is 1.77. The van der Waals surface area contributed by atoms with E-state index in [1.165, 1.54) is 42.4 Å². The Morgan fingerprint density at radius 2 is 1.92 bits per heavy atom. The predicted octanol–water partition coefficient (Wildman–Crippen LogP) is 3.14. The lowest BCUT2D eigenvalue weighted by molar-refractivity contribution is -0.137. The number of nitrogens with zero attached hydrogens (tertiary/aromatic N) is 4. The third kappa shape index (κ3) is 3.81. The number of methoxy groups -OCH3 is 2. The molecule has 2 unspecified atom stereocenters. The van der Waals surface area contributed by atoms with Crippen LogP contribution in [0.5, 0.6) is 11.5 Å². The number of likely N-dealkylation sites (tertiary alicyclic amines) is 1. The molecule has 4 aliphatic rings. The van der Waals surface area contributed by atoms with Crippen LogP contribution in [-0.4, -0.2) is 71.2 Å². The maximum Gasteiger partial charge on any atom is 0.262 e. The molecule has 36 heavy (non-hydrogen) atoms. The normalized spacial score (nSPS) is 27.8. The molecule has 8 nitrogen and oxygen atoms in total. The predicted molar refractivity (Wildman–Crippen MR) is 137 cm³/mol. The molecule has 3 aliphatic heterocycles. The van der Waals surface area contributed by atoms with E-state index in [9.17, 15) is 9.59 Å². The Bertz CT molecular complexity index is 1280. The molecule has 1 aliphatic carbocycles. The van der Waals surface area contributed by atoms with Gasteiger partial charge in [0.2, 0.25) is 5.91 Å². The number of aryl methyl sites for hydroxylation is 1. The molecule has 0 saturated carbocycles. The number of piperidine rings is 3. The van der Waals surface area contributed by atoms with Crippen molar-refractivity contribution in [1.82, 2.24) is 19.4 Å². The number of rotatable bonds is 4. The lowest BCUT2D eigenvalue weighted by Gasteiger charge is -2.54. The number of aromatic nitrogens is 2. The highest BCUT2D eigenvalue weighted by Crippen LogP contribution is 2.45. The summed E-state index contributed by atoms with van der Waals surface area (Å²) in [6.07, 6.45) is 9.71. The molecule has 4 heterocycles. The summed E-state index contributed by atoms with van der Waals surface area (Å²) < 4.78 is 12.3. The molecule has 0 spiro atoms. The fourth-order valence-corrected chi connectivity index (χ4v) is 7.32.